The largest absolute Gasteiger partial charge is 0.437 e. The topological polar surface area (TPSA) is 98.0 Å². The zero-order valence-corrected chi connectivity index (χ0v) is 17.5. The monoisotopic (exact) mass is 440 g/mol. The van der Waals surface area contributed by atoms with Gasteiger partial charge in [0, 0.05) is 24.8 Å². The summed E-state index contributed by atoms with van der Waals surface area (Å²) < 4.78 is 32.0. The van der Waals surface area contributed by atoms with E-state index in [-0.39, 0.29) is 46.8 Å². The van der Waals surface area contributed by atoms with Crippen LogP contribution in [-0.2, 0) is 9.47 Å². The predicted molar refractivity (Wildman–Crippen MR) is 112 cm³/mol. The van der Waals surface area contributed by atoms with Crippen LogP contribution in [0.1, 0.15) is 36.0 Å². The second-order valence-electron chi connectivity index (χ2n) is 8.03. The number of benzene rings is 1. The Bertz CT molecular complexity index is 1170. The molecule has 3 aromatic rings. The van der Waals surface area contributed by atoms with E-state index in [9.17, 15) is 9.59 Å². The summed E-state index contributed by atoms with van der Waals surface area (Å²) in [5, 5.41) is 4.16. The number of amides is 1. The van der Waals surface area contributed by atoms with Crippen molar-refractivity contribution in [2.45, 2.75) is 32.2 Å². The third-order valence-electron chi connectivity index (χ3n) is 5.64. The molecule has 0 bridgehead atoms. The lowest BCUT2D eigenvalue weighted by molar-refractivity contribution is -0.00543. The van der Waals surface area contributed by atoms with Crippen molar-refractivity contribution in [3.8, 4) is 0 Å². The number of morpholine rings is 1. The normalized spacial score (nSPS) is 23.6. The van der Waals surface area contributed by atoms with Crippen molar-refractivity contribution in [3.05, 3.63) is 47.5 Å². The van der Waals surface area contributed by atoms with Gasteiger partial charge in [0.15, 0.2) is 24.0 Å². The summed E-state index contributed by atoms with van der Waals surface area (Å²) in [6.45, 7) is 4.78. The first-order valence-corrected chi connectivity index (χ1v) is 10.3. The lowest BCUT2D eigenvalue weighted by Crippen LogP contribution is -2.46. The molecule has 32 heavy (non-hydrogen) atoms. The number of hydrogen-bond donors (Lipinski definition) is 0. The Hall–Kier alpha value is -3.53. The van der Waals surface area contributed by atoms with Crippen LogP contribution in [0.4, 0.5) is 20.7 Å². The maximum absolute atomic E-state index is 15.6. The zero-order valence-electron chi connectivity index (χ0n) is 17.5. The van der Waals surface area contributed by atoms with Gasteiger partial charge in [0.1, 0.15) is 0 Å². The number of rotatable bonds is 4. The van der Waals surface area contributed by atoms with Crippen molar-refractivity contribution < 1.29 is 28.0 Å². The number of halogens is 1. The van der Waals surface area contributed by atoms with Crippen LogP contribution in [-0.4, -0.2) is 54.4 Å². The Morgan fingerprint density at radius 2 is 1.97 bits per heavy atom. The third kappa shape index (κ3) is 3.36. The Labute approximate surface area is 182 Å². The molecule has 1 aromatic carbocycles. The van der Waals surface area contributed by atoms with Crippen molar-refractivity contribution in [2.24, 2.45) is 0 Å². The van der Waals surface area contributed by atoms with E-state index in [0.29, 0.717) is 25.1 Å². The van der Waals surface area contributed by atoms with Crippen LogP contribution < -0.4 is 9.80 Å². The fourth-order valence-electron chi connectivity index (χ4n) is 4.36. The summed E-state index contributed by atoms with van der Waals surface area (Å²) in [6.07, 6.45) is 0.712. The highest BCUT2D eigenvalue weighted by Crippen LogP contribution is 2.39. The molecular weight excluding hydrogens is 419 g/mol. The smallest absolute Gasteiger partial charge is 0.416 e. The van der Waals surface area contributed by atoms with Gasteiger partial charge in [0.25, 0.3) is 0 Å². The summed E-state index contributed by atoms with van der Waals surface area (Å²) in [5.74, 6) is -0.598. The van der Waals surface area contributed by atoms with E-state index in [2.05, 4.69) is 10.1 Å². The molecule has 3 atom stereocenters. The molecule has 4 heterocycles. The van der Waals surface area contributed by atoms with Crippen LogP contribution in [0.3, 0.4) is 0 Å². The molecule has 1 unspecified atom stereocenters. The Morgan fingerprint density at radius 3 is 2.66 bits per heavy atom. The predicted octanol–water partition coefficient (Wildman–Crippen LogP) is 3.49. The number of fused-ring (bicyclic) bond motifs is 1. The zero-order chi connectivity index (χ0) is 22.4. The van der Waals surface area contributed by atoms with E-state index < -0.39 is 18.0 Å². The number of pyridine rings is 1. The molecule has 2 aromatic heterocycles. The number of nitrogens with zero attached hydrogens (tertiary/aromatic N) is 4. The minimum atomic E-state index is -0.696. The summed E-state index contributed by atoms with van der Waals surface area (Å²) in [5.41, 5.74) is 0.761. The number of ether oxygens (including phenoxy) is 2. The van der Waals surface area contributed by atoms with Crippen molar-refractivity contribution in [3.63, 3.8) is 0 Å². The number of cyclic esters (lactones) is 1. The minimum absolute atomic E-state index is 0.0979. The van der Waals surface area contributed by atoms with Gasteiger partial charge < -0.3 is 18.9 Å². The number of hydrogen-bond acceptors (Lipinski definition) is 8. The highest BCUT2D eigenvalue weighted by atomic mass is 19.1. The number of carbonyl (C=O) groups excluding carboxylic acids is 2. The molecule has 0 spiro atoms. The molecule has 10 heteroatoms. The highest BCUT2D eigenvalue weighted by Gasteiger charge is 2.38. The van der Waals surface area contributed by atoms with Gasteiger partial charge in [0.2, 0.25) is 5.58 Å². The van der Waals surface area contributed by atoms with E-state index in [1.165, 1.54) is 11.0 Å². The van der Waals surface area contributed by atoms with Crippen molar-refractivity contribution >= 4 is 34.9 Å². The van der Waals surface area contributed by atoms with Crippen molar-refractivity contribution in [2.75, 3.05) is 29.4 Å². The highest BCUT2D eigenvalue weighted by molar-refractivity contribution is 6.03. The Morgan fingerprint density at radius 1 is 1.19 bits per heavy atom. The quantitative estimate of drug-likeness (QED) is 0.569. The van der Waals surface area contributed by atoms with Gasteiger partial charge >= 0.3 is 6.09 Å². The van der Waals surface area contributed by atoms with Gasteiger partial charge in [-0.05, 0) is 32.0 Å². The summed E-state index contributed by atoms with van der Waals surface area (Å²) >= 11 is 0. The van der Waals surface area contributed by atoms with Gasteiger partial charge in [0.05, 0.1) is 35.5 Å². The second-order valence-corrected chi connectivity index (χ2v) is 8.03. The van der Waals surface area contributed by atoms with E-state index in [1.807, 2.05) is 13.8 Å². The van der Waals surface area contributed by atoms with E-state index >= 15 is 4.39 Å². The number of aldehydes is 1. The van der Waals surface area contributed by atoms with Gasteiger partial charge in [-0.25, -0.2) is 9.18 Å². The Balaban J connectivity index is 1.53. The molecule has 9 nitrogen and oxygen atoms in total. The maximum Gasteiger partial charge on any atom is 0.416 e. The fraction of sp³-hybridized carbons (Fsp3) is 0.364. The summed E-state index contributed by atoms with van der Waals surface area (Å²) in [6, 6.07) is 6.81. The minimum Gasteiger partial charge on any atom is -0.437 e. The molecule has 1 amide bonds. The van der Waals surface area contributed by atoms with E-state index in [4.69, 9.17) is 14.0 Å². The van der Waals surface area contributed by atoms with Crippen LogP contribution in [0.2, 0.25) is 0 Å². The Kier molecular flexibility index (Phi) is 5.01. The molecule has 2 fully saturated rings. The van der Waals surface area contributed by atoms with Crippen LogP contribution in [0.25, 0.3) is 11.0 Å². The summed E-state index contributed by atoms with van der Waals surface area (Å²) in [7, 11) is 0. The SMILES string of the molecule is C[C@@H]1CN(c2c(C=O)cc3c(N4CC(c5ccccn5)OC4=O)noc3c2F)C[C@@H](C)O1. The number of aromatic nitrogens is 2. The summed E-state index contributed by atoms with van der Waals surface area (Å²) in [4.78, 5) is 31.7. The van der Waals surface area contributed by atoms with Crippen LogP contribution in [0, 0.1) is 5.82 Å². The molecule has 5 rings (SSSR count). The third-order valence-corrected chi connectivity index (χ3v) is 5.64. The average Bonchev–Trinajstić information content (AvgIpc) is 3.36. The van der Waals surface area contributed by atoms with Gasteiger partial charge in [-0.3, -0.25) is 14.7 Å². The van der Waals surface area contributed by atoms with Crippen LogP contribution >= 0.6 is 0 Å². The second kappa shape index (κ2) is 7.86. The molecule has 0 aliphatic carbocycles. The average molecular weight is 440 g/mol. The molecule has 2 aliphatic rings. The lowest BCUT2D eigenvalue weighted by Gasteiger charge is -2.37. The first-order valence-electron chi connectivity index (χ1n) is 10.3. The van der Waals surface area contributed by atoms with Gasteiger partial charge in [-0.2, -0.15) is 0 Å². The van der Waals surface area contributed by atoms with E-state index in [1.54, 1.807) is 29.3 Å². The molecule has 2 saturated heterocycles. The molecule has 166 valence electrons. The molecule has 0 radical (unpaired) electrons. The lowest BCUT2D eigenvalue weighted by atomic mass is 10.1. The first kappa shape index (κ1) is 20.4. The van der Waals surface area contributed by atoms with Crippen molar-refractivity contribution in [1.82, 2.24) is 10.1 Å². The molecule has 0 N–H and O–H groups in total. The van der Waals surface area contributed by atoms with Crippen LogP contribution in [0.5, 0.6) is 0 Å². The maximum atomic E-state index is 15.6. The van der Waals surface area contributed by atoms with E-state index in [0.717, 1.165) is 0 Å². The number of carbonyl (C=O) groups is 2. The van der Waals surface area contributed by atoms with Crippen molar-refractivity contribution in [1.29, 1.82) is 0 Å². The molecule has 0 saturated carbocycles. The molecular formula is C22H21FN4O5. The first-order chi connectivity index (χ1) is 15.5. The standard InChI is InChI=1S/C22H21FN4O5/c1-12-8-26(9-13(2)30-12)19-14(11-28)7-15-20(18(19)23)32-25-21(15)27-10-17(31-22(27)29)16-5-3-4-6-24-16/h3-7,11-13,17H,8-10H2,1-2H3/t12-,13-,17?/m1/s1. The number of anilines is 2. The van der Waals surface area contributed by atoms with Gasteiger partial charge in [-0.1, -0.05) is 11.2 Å². The van der Waals surface area contributed by atoms with Gasteiger partial charge in [-0.15, -0.1) is 0 Å². The van der Waals surface area contributed by atoms with Crippen LogP contribution in [0.15, 0.2) is 35.0 Å². The molecule has 2 aliphatic heterocycles. The fourth-order valence-corrected chi connectivity index (χ4v) is 4.36.